The summed E-state index contributed by atoms with van der Waals surface area (Å²) < 4.78 is 3.29. The minimum absolute atomic E-state index is 0.0613. The molecule has 1 fully saturated rings. The van der Waals surface area contributed by atoms with E-state index in [4.69, 9.17) is 0 Å². The topological polar surface area (TPSA) is 103 Å². The van der Waals surface area contributed by atoms with Crippen molar-refractivity contribution in [3.8, 4) is 11.3 Å². The molecule has 0 radical (unpaired) electrons. The molecule has 1 aliphatic rings. The standard InChI is InChI=1S/C20H20N8O/c29-20-10-7-17(14-2-1-11-21-12-14)25-28(20)16-5-3-15(4-6-16)23-18-8-9-19-24-22-13-27(19)26-18/h1-2,7-13,15-16H,3-6H2,(H,23,26). The van der Waals surface area contributed by atoms with Gasteiger partial charge in [-0.15, -0.1) is 15.3 Å². The van der Waals surface area contributed by atoms with Crippen LogP contribution in [0.5, 0.6) is 0 Å². The SMILES string of the molecule is O=c1ccc(-c2cccnc2)nn1C1CCC(Nc2ccc3nncn3n2)CC1. The summed E-state index contributed by atoms with van der Waals surface area (Å²) in [6.07, 6.45) is 8.73. The van der Waals surface area contributed by atoms with Crippen LogP contribution in [0, 0.1) is 0 Å². The van der Waals surface area contributed by atoms with Crippen LogP contribution in [0.1, 0.15) is 31.7 Å². The molecule has 1 saturated carbocycles. The molecule has 1 N–H and O–H groups in total. The van der Waals surface area contributed by atoms with E-state index >= 15 is 0 Å². The fraction of sp³-hybridized carbons (Fsp3) is 0.300. The van der Waals surface area contributed by atoms with Crippen LogP contribution in [0.25, 0.3) is 16.9 Å². The number of aromatic nitrogens is 7. The number of hydrogen-bond donors (Lipinski definition) is 1. The smallest absolute Gasteiger partial charge is 0.267 e. The Labute approximate surface area is 166 Å². The summed E-state index contributed by atoms with van der Waals surface area (Å²) in [5.74, 6) is 0.801. The molecule has 0 aromatic carbocycles. The number of rotatable bonds is 4. The first-order valence-electron chi connectivity index (χ1n) is 9.70. The number of anilines is 1. The molecule has 9 nitrogen and oxygen atoms in total. The maximum atomic E-state index is 12.4. The predicted octanol–water partition coefficient (Wildman–Crippen LogP) is 2.34. The summed E-state index contributed by atoms with van der Waals surface area (Å²) in [5.41, 5.74) is 2.34. The van der Waals surface area contributed by atoms with Gasteiger partial charge in [0, 0.05) is 30.1 Å². The van der Waals surface area contributed by atoms with Crippen molar-refractivity contribution >= 4 is 11.5 Å². The molecule has 0 atom stereocenters. The lowest BCUT2D eigenvalue weighted by Crippen LogP contribution is -2.33. The fourth-order valence-corrected chi connectivity index (χ4v) is 3.83. The maximum Gasteiger partial charge on any atom is 0.267 e. The highest BCUT2D eigenvalue weighted by Gasteiger charge is 2.24. The van der Waals surface area contributed by atoms with Gasteiger partial charge < -0.3 is 5.32 Å². The first-order chi connectivity index (χ1) is 14.3. The van der Waals surface area contributed by atoms with Gasteiger partial charge in [-0.2, -0.15) is 9.61 Å². The molecule has 0 bridgehead atoms. The minimum atomic E-state index is -0.0613. The molecule has 9 heteroatoms. The molecule has 5 rings (SSSR count). The lowest BCUT2D eigenvalue weighted by molar-refractivity contribution is 0.304. The van der Waals surface area contributed by atoms with Crippen LogP contribution in [0.3, 0.4) is 0 Å². The minimum Gasteiger partial charge on any atom is -0.366 e. The third kappa shape index (κ3) is 3.58. The van der Waals surface area contributed by atoms with Crippen LogP contribution in [0.2, 0.25) is 0 Å². The van der Waals surface area contributed by atoms with E-state index in [9.17, 15) is 4.79 Å². The Bertz CT molecular complexity index is 1180. The second-order valence-corrected chi connectivity index (χ2v) is 7.25. The van der Waals surface area contributed by atoms with Gasteiger partial charge in [-0.05, 0) is 56.0 Å². The largest absolute Gasteiger partial charge is 0.366 e. The van der Waals surface area contributed by atoms with Crippen molar-refractivity contribution in [3.05, 3.63) is 65.5 Å². The zero-order chi connectivity index (χ0) is 19.6. The molecule has 1 aliphatic carbocycles. The maximum absolute atomic E-state index is 12.4. The number of nitrogens with zero attached hydrogens (tertiary/aromatic N) is 7. The van der Waals surface area contributed by atoms with Crippen molar-refractivity contribution < 1.29 is 0 Å². The van der Waals surface area contributed by atoms with Gasteiger partial charge in [0.15, 0.2) is 5.65 Å². The Morgan fingerprint density at radius 1 is 1.00 bits per heavy atom. The first-order valence-corrected chi connectivity index (χ1v) is 9.70. The summed E-state index contributed by atoms with van der Waals surface area (Å²) in [5, 5.41) is 20.4. The first kappa shape index (κ1) is 17.5. The van der Waals surface area contributed by atoms with Crippen molar-refractivity contribution in [1.82, 2.24) is 34.6 Å². The lowest BCUT2D eigenvalue weighted by atomic mass is 9.91. The predicted molar refractivity (Wildman–Crippen MR) is 107 cm³/mol. The van der Waals surface area contributed by atoms with Crippen LogP contribution >= 0.6 is 0 Å². The summed E-state index contributed by atoms with van der Waals surface area (Å²) in [7, 11) is 0. The summed E-state index contributed by atoms with van der Waals surface area (Å²) in [4.78, 5) is 16.6. The van der Waals surface area contributed by atoms with Crippen molar-refractivity contribution in [1.29, 1.82) is 0 Å². The van der Waals surface area contributed by atoms with Crippen molar-refractivity contribution in [2.24, 2.45) is 0 Å². The zero-order valence-corrected chi connectivity index (χ0v) is 15.7. The Balaban J connectivity index is 1.28. The van der Waals surface area contributed by atoms with Crippen LogP contribution in [-0.2, 0) is 0 Å². The second-order valence-electron chi connectivity index (χ2n) is 7.25. The molecule has 29 heavy (non-hydrogen) atoms. The molecule has 4 heterocycles. The van der Waals surface area contributed by atoms with Gasteiger partial charge in [0.05, 0.1) is 11.7 Å². The third-order valence-corrected chi connectivity index (χ3v) is 5.34. The van der Waals surface area contributed by atoms with E-state index < -0.39 is 0 Å². The molecule has 146 valence electrons. The normalized spacial score (nSPS) is 19.3. The van der Waals surface area contributed by atoms with Crippen LogP contribution in [0.4, 0.5) is 5.82 Å². The molecule has 0 spiro atoms. The highest BCUT2D eigenvalue weighted by atomic mass is 16.1. The molecular weight excluding hydrogens is 368 g/mol. The van der Waals surface area contributed by atoms with Gasteiger partial charge in [-0.25, -0.2) is 4.68 Å². The van der Waals surface area contributed by atoms with E-state index in [1.54, 1.807) is 40.1 Å². The average molecular weight is 388 g/mol. The molecule has 0 amide bonds. The summed E-state index contributed by atoms with van der Waals surface area (Å²) in [6.45, 7) is 0. The van der Waals surface area contributed by atoms with Gasteiger partial charge in [0.25, 0.3) is 5.56 Å². The van der Waals surface area contributed by atoms with Crippen LogP contribution < -0.4 is 10.9 Å². The van der Waals surface area contributed by atoms with Gasteiger partial charge in [-0.3, -0.25) is 9.78 Å². The van der Waals surface area contributed by atoms with Crippen molar-refractivity contribution in [2.45, 2.75) is 37.8 Å². The average Bonchev–Trinajstić information content (AvgIpc) is 3.23. The van der Waals surface area contributed by atoms with Gasteiger partial charge in [-0.1, -0.05) is 0 Å². The molecular formula is C20H20N8O. The Kier molecular flexibility index (Phi) is 4.47. The van der Waals surface area contributed by atoms with E-state index in [1.807, 2.05) is 24.3 Å². The Hall–Kier alpha value is -3.62. The highest BCUT2D eigenvalue weighted by molar-refractivity contribution is 5.56. The van der Waals surface area contributed by atoms with Gasteiger partial charge >= 0.3 is 0 Å². The van der Waals surface area contributed by atoms with E-state index in [1.165, 1.54) is 0 Å². The Morgan fingerprint density at radius 3 is 2.72 bits per heavy atom. The molecule has 0 aliphatic heterocycles. The van der Waals surface area contributed by atoms with Gasteiger partial charge in [0.2, 0.25) is 0 Å². The number of fused-ring (bicyclic) bond motifs is 1. The monoisotopic (exact) mass is 388 g/mol. The quantitative estimate of drug-likeness (QED) is 0.572. The van der Waals surface area contributed by atoms with E-state index in [-0.39, 0.29) is 11.6 Å². The van der Waals surface area contributed by atoms with E-state index in [0.29, 0.717) is 6.04 Å². The number of nitrogens with one attached hydrogen (secondary N) is 1. The molecule has 0 saturated heterocycles. The second kappa shape index (κ2) is 7.42. The summed E-state index contributed by atoms with van der Waals surface area (Å²) >= 11 is 0. The molecule has 0 unspecified atom stereocenters. The molecule has 4 aromatic heterocycles. The van der Waals surface area contributed by atoms with E-state index in [0.717, 1.165) is 48.4 Å². The number of pyridine rings is 1. The van der Waals surface area contributed by atoms with Gasteiger partial charge in [0.1, 0.15) is 12.1 Å². The lowest BCUT2D eigenvalue weighted by Gasteiger charge is -2.29. The Morgan fingerprint density at radius 2 is 1.90 bits per heavy atom. The zero-order valence-electron chi connectivity index (χ0n) is 15.7. The molecule has 4 aromatic rings. The van der Waals surface area contributed by atoms with Crippen LogP contribution in [0.15, 0.2) is 59.9 Å². The van der Waals surface area contributed by atoms with Crippen molar-refractivity contribution in [2.75, 3.05) is 5.32 Å². The van der Waals surface area contributed by atoms with Crippen molar-refractivity contribution in [3.63, 3.8) is 0 Å². The van der Waals surface area contributed by atoms with Crippen LogP contribution in [-0.4, -0.2) is 40.6 Å². The fourth-order valence-electron chi connectivity index (χ4n) is 3.83. The van der Waals surface area contributed by atoms with E-state index in [2.05, 4.69) is 30.7 Å². The highest BCUT2D eigenvalue weighted by Crippen LogP contribution is 2.29. The summed E-state index contributed by atoms with van der Waals surface area (Å²) in [6, 6.07) is 11.4. The number of hydrogen-bond acceptors (Lipinski definition) is 7. The third-order valence-electron chi connectivity index (χ3n) is 5.34.